The Kier molecular flexibility index (Phi) is 3.43. The van der Waals surface area contributed by atoms with E-state index in [4.69, 9.17) is 11.6 Å². The van der Waals surface area contributed by atoms with Gasteiger partial charge in [0.25, 0.3) is 0 Å². The number of rotatable bonds is 2. The molecule has 2 heterocycles. The van der Waals surface area contributed by atoms with Gasteiger partial charge in [0.05, 0.1) is 12.1 Å². The fourth-order valence-corrected chi connectivity index (χ4v) is 2.68. The maximum absolute atomic E-state index is 11.9. The number of aromatic nitrogens is 2. The van der Waals surface area contributed by atoms with E-state index in [9.17, 15) is 9.59 Å². The highest BCUT2D eigenvalue weighted by molar-refractivity contribution is 6.29. The molecule has 1 saturated heterocycles. The first-order valence-corrected chi connectivity index (χ1v) is 6.30. The molecule has 1 aromatic heterocycles. The molecule has 1 aliphatic heterocycles. The van der Waals surface area contributed by atoms with Crippen molar-refractivity contribution in [3.63, 3.8) is 0 Å². The lowest BCUT2D eigenvalue weighted by Crippen LogP contribution is -2.47. The van der Waals surface area contributed by atoms with Gasteiger partial charge in [0.2, 0.25) is 11.8 Å². The molecule has 0 bridgehead atoms. The van der Waals surface area contributed by atoms with Crippen LogP contribution in [0.3, 0.4) is 0 Å². The van der Waals surface area contributed by atoms with Crippen molar-refractivity contribution in [1.29, 1.82) is 0 Å². The van der Waals surface area contributed by atoms with Crippen LogP contribution in [0.5, 0.6) is 0 Å². The maximum Gasteiger partial charge on any atom is 0.230 e. The number of halogens is 1. The van der Waals surface area contributed by atoms with Gasteiger partial charge in [0, 0.05) is 19.4 Å². The van der Waals surface area contributed by atoms with E-state index in [1.54, 1.807) is 17.8 Å². The zero-order valence-electron chi connectivity index (χ0n) is 10.6. The Bertz CT molecular complexity index is 496. The van der Waals surface area contributed by atoms with E-state index in [0.29, 0.717) is 11.0 Å². The Morgan fingerprint density at radius 3 is 2.67 bits per heavy atom. The number of imidazole rings is 1. The summed E-state index contributed by atoms with van der Waals surface area (Å²) in [5.74, 6) is -0.0875. The first-order chi connectivity index (χ1) is 8.41. The zero-order chi connectivity index (χ0) is 13.4. The standard InChI is InChI=1S/C12H16ClN3O2/c1-6(2)10-7(4-9(17)15-12(10)18)11-14-5-8(13)16(11)3/h5-7,10H,4H2,1-3H3,(H,15,17,18). The van der Waals surface area contributed by atoms with Crippen LogP contribution in [0, 0.1) is 11.8 Å². The molecule has 2 unspecified atom stereocenters. The smallest absolute Gasteiger partial charge is 0.230 e. The van der Waals surface area contributed by atoms with Crippen molar-refractivity contribution in [3.05, 3.63) is 17.2 Å². The van der Waals surface area contributed by atoms with Crippen LogP contribution in [0.2, 0.25) is 5.15 Å². The molecule has 0 radical (unpaired) electrons. The summed E-state index contributed by atoms with van der Waals surface area (Å²) in [6.45, 7) is 3.94. The average molecular weight is 270 g/mol. The predicted octanol–water partition coefficient (Wildman–Crippen LogP) is 1.48. The Morgan fingerprint density at radius 1 is 1.50 bits per heavy atom. The number of hydrogen-bond acceptors (Lipinski definition) is 3. The molecule has 18 heavy (non-hydrogen) atoms. The molecule has 0 aliphatic carbocycles. The van der Waals surface area contributed by atoms with Crippen LogP contribution in [0.15, 0.2) is 6.20 Å². The van der Waals surface area contributed by atoms with Gasteiger partial charge in [0.15, 0.2) is 0 Å². The number of amides is 2. The third-order valence-electron chi connectivity index (χ3n) is 3.42. The molecule has 2 rings (SSSR count). The Morgan fingerprint density at radius 2 is 2.17 bits per heavy atom. The molecular weight excluding hydrogens is 254 g/mol. The average Bonchev–Trinajstić information content (AvgIpc) is 2.57. The lowest BCUT2D eigenvalue weighted by Gasteiger charge is -2.32. The largest absolute Gasteiger partial charge is 0.322 e. The molecule has 1 N–H and O–H groups in total. The number of piperidine rings is 1. The van der Waals surface area contributed by atoms with Crippen LogP contribution in [-0.4, -0.2) is 21.4 Å². The molecule has 98 valence electrons. The molecule has 5 nitrogen and oxygen atoms in total. The maximum atomic E-state index is 11.9. The monoisotopic (exact) mass is 269 g/mol. The highest BCUT2D eigenvalue weighted by Gasteiger charge is 2.40. The number of hydrogen-bond donors (Lipinski definition) is 1. The van der Waals surface area contributed by atoms with Crippen LogP contribution in [0.25, 0.3) is 0 Å². The Balaban J connectivity index is 2.41. The minimum atomic E-state index is -0.250. The second kappa shape index (κ2) is 4.72. The fourth-order valence-electron chi connectivity index (χ4n) is 2.55. The van der Waals surface area contributed by atoms with E-state index in [1.807, 2.05) is 13.8 Å². The number of carbonyl (C=O) groups is 2. The minimum absolute atomic E-state index is 0.138. The summed E-state index contributed by atoms with van der Waals surface area (Å²) >= 11 is 5.96. The summed E-state index contributed by atoms with van der Waals surface area (Å²) in [6.07, 6.45) is 1.82. The van der Waals surface area contributed by atoms with E-state index in [0.717, 1.165) is 0 Å². The van der Waals surface area contributed by atoms with Gasteiger partial charge < -0.3 is 4.57 Å². The molecule has 1 aromatic rings. The van der Waals surface area contributed by atoms with E-state index >= 15 is 0 Å². The van der Waals surface area contributed by atoms with E-state index in [1.165, 1.54) is 0 Å². The first-order valence-electron chi connectivity index (χ1n) is 5.92. The van der Waals surface area contributed by atoms with Gasteiger partial charge in [-0.3, -0.25) is 14.9 Å². The van der Waals surface area contributed by atoms with Gasteiger partial charge in [-0.2, -0.15) is 0 Å². The quantitative estimate of drug-likeness (QED) is 0.827. The number of nitrogens with one attached hydrogen (secondary N) is 1. The van der Waals surface area contributed by atoms with Crippen molar-refractivity contribution in [2.45, 2.75) is 26.2 Å². The topological polar surface area (TPSA) is 64.0 Å². The first kappa shape index (κ1) is 13.1. The van der Waals surface area contributed by atoms with E-state index < -0.39 is 0 Å². The normalized spacial score (nSPS) is 24.5. The number of imide groups is 1. The zero-order valence-corrected chi connectivity index (χ0v) is 11.4. The van der Waals surface area contributed by atoms with Crippen molar-refractivity contribution in [2.75, 3.05) is 0 Å². The highest BCUT2D eigenvalue weighted by atomic mass is 35.5. The molecule has 6 heteroatoms. The van der Waals surface area contributed by atoms with Crippen LogP contribution >= 0.6 is 11.6 Å². The van der Waals surface area contributed by atoms with Crippen molar-refractivity contribution in [3.8, 4) is 0 Å². The van der Waals surface area contributed by atoms with Crippen molar-refractivity contribution < 1.29 is 9.59 Å². The highest BCUT2D eigenvalue weighted by Crippen LogP contribution is 2.35. The van der Waals surface area contributed by atoms with Gasteiger partial charge in [0.1, 0.15) is 11.0 Å². The summed E-state index contributed by atoms with van der Waals surface area (Å²) in [7, 11) is 1.79. The predicted molar refractivity (Wildman–Crippen MR) is 67.1 cm³/mol. The molecule has 2 amide bonds. The summed E-state index contributed by atoms with van der Waals surface area (Å²) < 4.78 is 1.73. The molecule has 0 saturated carbocycles. The van der Waals surface area contributed by atoms with Crippen molar-refractivity contribution >= 4 is 23.4 Å². The van der Waals surface area contributed by atoms with Crippen LogP contribution in [0.4, 0.5) is 0 Å². The van der Waals surface area contributed by atoms with Crippen LogP contribution in [-0.2, 0) is 16.6 Å². The molecule has 2 atom stereocenters. The summed E-state index contributed by atoms with van der Waals surface area (Å²) in [5.41, 5.74) is 0. The third kappa shape index (κ3) is 2.14. The fraction of sp³-hybridized carbons (Fsp3) is 0.583. The van der Waals surface area contributed by atoms with Crippen LogP contribution < -0.4 is 5.32 Å². The molecule has 0 aromatic carbocycles. The molecule has 1 fully saturated rings. The minimum Gasteiger partial charge on any atom is -0.322 e. The van der Waals surface area contributed by atoms with Crippen molar-refractivity contribution in [2.24, 2.45) is 18.9 Å². The lowest BCUT2D eigenvalue weighted by atomic mass is 9.78. The molecule has 1 aliphatic rings. The van der Waals surface area contributed by atoms with Crippen molar-refractivity contribution in [1.82, 2.24) is 14.9 Å². The molecule has 0 spiro atoms. The van der Waals surface area contributed by atoms with E-state index in [2.05, 4.69) is 10.3 Å². The SMILES string of the molecule is CC(C)C1C(=O)NC(=O)CC1c1ncc(Cl)n1C. The molecular formula is C12H16ClN3O2. The lowest BCUT2D eigenvalue weighted by molar-refractivity contribution is -0.138. The second-order valence-electron chi connectivity index (χ2n) is 4.99. The Labute approximate surface area is 111 Å². The van der Waals surface area contributed by atoms with Gasteiger partial charge in [-0.1, -0.05) is 25.4 Å². The summed E-state index contributed by atoms with van der Waals surface area (Å²) in [6, 6.07) is 0. The summed E-state index contributed by atoms with van der Waals surface area (Å²) in [4.78, 5) is 27.7. The Hall–Kier alpha value is -1.36. The van der Waals surface area contributed by atoms with Gasteiger partial charge in [-0.25, -0.2) is 4.98 Å². The number of nitrogens with zero attached hydrogens (tertiary/aromatic N) is 2. The van der Waals surface area contributed by atoms with Gasteiger partial charge in [-0.05, 0) is 5.92 Å². The summed E-state index contributed by atoms with van der Waals surface area (Å²) in [5, 5.41) is 2.89. The van der Waals surface area contributed by atoms with Crippen LogP contribution in [0.1, 0.15) is 32.0 Å². The van der Waals surface area contributed by atoms with E-state index in [-0.39, 0.29) is 36.0 Å². The second-order valence-corrected chi connectivity index (χ2v) is 5.38. The van der Waals surface area contributed by atoms with Gasteiger partial charge in [-0.15, -0.1) is 0 Å². The van der Waals surface area contributed by atoms with Gasteiger partial charge >= 0.3 is 0 Å². The number of carbonyl (C=O) groups excluding carboxylic acids is 2. The third-order valence-corrected chi connectivity index (χ3v) is 3.77.